The number of para-hydroxylation sites is 1. The normalized spacial score (nSPS) is 14.9. The van der Waals surface area contributed by atoms with Crippen molar-refractivity contribution >= 4 is 40.8 Å². The highest BCUT2D eigenvalue weighted by atomic mass is 32.2. The number of hydrogen-bond acceptors (Lipinski definition) is 7. The molecule has 1 aromatic heterocycles. The Bertz CT molecular complexity index is 1730. The summed E-state index contributed by atoms with van der Waals surface area (Å²) < 4.78 is 42.5. The summed E-state index contributed by atoms with van der Waals surface area (Å²) in [5.41, 5.74) is 5.66. The molecule has 10 nitrogen and oxygen atoms in total. The van der Waals surface area contributed by atoms with E-state index in [4.69, 9.17) is 0 Å². The number of aliphatic imine (C=N–C) groups is 1. The molecule has 0 spiro atoms. The zero-order chi connectivity index (χ0) is 31.5. The third-order valence-electron chi connectivity index (χ3n) is 6.28. The SMILES string of the molecule is CC(C)(C)c1ccccc1N1C(=O)CS/C1=N\C(=O)N/N=C/c1ccc(-c2ncn(-c3ccc(OC(F)(F)F)cc3)n2)cc1. The van der Waals surface area contributed by atoms with Crippen molar-refractivity contribution in [3.63, 3.8) is 0 Å². The maximum Gasteiger partial charge on any atom is 0.573 e. The number of anilines is 1. The Morgan fingerprint density at radius 1 is 1.02 bits per heavy atom. The van der Waals surface area contributed by atoms with E-state index in [1.165, 1.54) is 58.2 Å². The Kier molecular flexibility index (Phi) is 8.54. The number of urea groups is 1. The predicted octanol–water partition coefficient (Wildman–Crippen LogP) is 6.31. The highest BCUT2D eigenvalue weighted by Crippen LogP contribution is 2.36. The summed E-state index contributed by atoms with van der Waals surface area (Å²) in [6.45, 7) is 6.16. The number of hydrogen-bond donors (Lipinski definition) is 1. The summed E-state index contributed by atoms with van der Waals surface area (Å²) in [7, 11) is 0. The van der Waals surface area contributed by atoms with Crippen LogP contribution in [-0.4, -0.2) is 50.2 Å². The minimum absolute atomic E-state index is 0.158. The second-order valence-electron chi connectivity index (χ2n) is 10.5. The van der Waals surface area contributed by atoms with Crippen LogP contribution in [0.4, 0.5) is 23.7 Å². The molecule has 0 bridgehead atoms. The number of hydrazone groups is 1. The van der Waals surface area contributed by atoms with E-state index in [1.54, 1.807) is 24.3 Å². The smallest absolute Gasteiger partial charge is 0.406 e. The summed E-state index contributed by atoms with van der Waals surface area (Å²) in [4.78, 5) is 35.1. The van der Waals surface area contributed by atoms with Gasteiger partial charge in [0.15, 0.2) is 11.0 Å². The molecule has 0 saturated carbocycles. The number of carbonyl (C=O) groups is 2. The number of amides is 3. The number of halogens is 3. The largest absolute Gasteiger partial charge is 0.573 e. The van der Waals surface area contributed by atoms with E-state index in [-0.39, 0.29) is 28.0 Å². The number of benzene rings is 3. The van der Waals surface area contributed by atoms with Crippen LogP contribution in [0.2, 0.25) is 0 Å². The topological polar surface area (TPSA) is 114 Å². The molecule has 3 aromatic carbocycles. The second-order valence-corrected chi connectivity index (χ2v) is 11.5. The van der Waals surface area contributed by atoms with E-state index < -0.39 is 12.4 Å². The zero-order valence-electron chi connectivity index (χ0n) is 23.7. The van der Waals surface area contributed by atoms with Crippen LogP contribution >= 0.6 is 11.8 Å². The molecule has 1 N–H and O–H groups in total. The average Bonchev–Trinajstić information content (AvgIpc) is 3.60. The second kappa shape index (κ2) is 12.3. The molecule has 2 heterocycles. The van der Waals surface area contributed by atoms with Gasteiger partial charge in [0.25, 0.3) is 0 Å². The number of nitrogens with zero attached hydrogens (tertiary/aromatic N) is 6. The maximum absolute atomic E-state index is 12.7. The van der Waals surface area contributed by atoms with Gasteiger partial charge in [-0.1, -0.05) is 75.0 Å². The highest BCUT2D eigenvalue weighted by molar-refractivity contribution is 8.15. The molecule has 1 saturated heterocycles. The predicted molar refractivity (Wildman–Crippen MR) is 162 cm³/mol. The van der Waals surface area contributed by atoms with Crippen LogP contribution in [0.15, 0.2) is 89.2 Å². The lowest BCUT2D eigenvalue weighted by Crippen LogP contribution is -2.33. The van der Waals surface area contributed by atoms with Crippen LogP contribution in [0.25, 0.3) is 17.1 Å². The molecule has 1 aliphatic heterocycles. The molecule has 3 amide bonds. The Morgan fingerprint density at radius 2 is 1.73 bits per heavy atom. The molecular formula is C30H26F3N7O3S. The van der Waals surface area contributed by atoms with Gasteiger partial charge in [-0.25, -0.2) is 19.9 Å². The van der Waals surface area contributed by atoms with Crippen LogP contribution in [0.1, 0.15) is 31.9 Å². The monoisotopic (exact) mass is 621 g/mol. The summed E-state index contributed by atoms with van der Waals surface area (Å²) in [6.07, 6.45) is -1.88. The first kappa shape index (κ1) is 30.5. The van der Waals surface area contributed by atoms with Gasteiger partial charge in [0, 0.05) is 5.56 Å². The molecule has 4 aromatic rings. The van der Waals surface area contributed by atoms with E-state index in [2.05, 4.69) is 51.1 Å². The van der Waals surface area contributed by atoms with E-state index in [0.717, 1.165) is 5.56 Å². The van der Waals surface area contributed by atoms with Crippen LogP contribution < -0.4 is 15.1 Å². The summed E-state index contributed by atoms with van der Waals surface area (Å²) >= 11 is 1.19. The number of aromatic nitrogens is 3. The van der Waals surface area contributed by atoms with Gasteiger partial charge in [-0.05, 0) is 46.9 Å². The molecule has 226 valence electrons. The van der Waals surface area contributed by atoms with E-state index >= 15 is 0 Å². The van der Waals surface area contributed by atoms with Gasteiger partial charge in [0.05, 0.1) is 23.3 Å². The number of amidine groups is 1. The minimum Gasteiger partial charge on any atom is -0.406 e. The van der Waals surface area contributed by atoms with Gasteiger partial charge in [-0.15, -0.1) is 18.3 Å². The molecule has 0 radical (unpaired) electrons. The molecule has 0 unspecified atom stereocenters. The van der Waals surface area contributed by atoms with Crippen LogP contribution in [-0.2, 0) is 10.2 Å². The fourth-order valence-corrected chi connectivity index (χ4v) is 5.16. The van der Waals surface area contributed by atoms with Gasteiger partial charge < -0.3 is 4.74 Å². The third kappa shape index (κ3) is 7.32. The van der Waals surface area contributed by atoms with Gasteiger partial charge in [0.1, 0.15) is 12.1 Å². The molecule has 14 heteroatoms. The summed E-state index contributed by atoms with van der Waals surface area (Å²) in [6, 6.07) is 19.1. The van der Waals surface area contributed by atoms with E-state index in [9.17, 15) is 22.8 Å². The Morgan fingerprint density at radius 3 is 2.41 bits per heavy atom. The lowest BCUT2D eigenvalue weighted by Gasteiger charge is -2.27. The van der Waals surface area contributed by atoms with Crippen molar-refractivity contribution in [3.05, 3.63) is 90.3 Å². The first-order valence-corrected chi connectivity index (χ1v) is 14.2. The lowest BCUT2D eigenvalue weighted by molar-refractivity contribution is -0.274. The van der Waals surface area contributed by atoms with Gasteiger partial charge in [-0.3, -0.25) is 9.69 Å². The first-order valence-electron chi connectivity index (χ1n) is 13.2. The number of rotatable bonds is 6. The lowest BCUT2D eigenvalue weighted by atomic mass is 9.85. The molecular weight excluding hydrogens is 595 g/mol. The van der Waals surface area contributed by atoms with Crippen molar-refractivity contribution < 1.29 is 27.5 Å². The molecule has 1 fully saturated rings. The van der Waals surface area contributed by atoms with Crippen LogP contribution in [0.3, 0.4) is 0 Å². The van der Waals surface area contributed by atoms with Crippen LogP contribution in [0.5, 0.6) is 5.75 Å². The van der Waals surface area contributed by atoms with Crippen molar-refractivity contribution in [1.29, 1.82) is 0 Å². The fourth-order valence-electron chi connectivity index (χ4n) is 4.30. The number of carbonyl (C=O) groups excluding carboxylic acids is 2. The quantitative estimate of drug-likeness (QED) is 0.199. The van der Waals surface area contributed by atoms with Crippen molar-refractivity contribution in [2.24, 2.45) is 10.1 Å². The van der Waals surface area contributed by atoms with E-state index in [0.29, 0.717) is 28.3 Å². The van der Waals surface area contributed by atoms with Gasteiger partial charge in [-0.2, -0.15) is 10.1 Å². The number of nitrogens with one attached hydrogen (secondary N) is 1. The van der Waals surface area contributed by atoms with Crippen molar-refractivity contribution in [2.75, 3.05) is 10.7 Å². The van der Waals surface area contributed by atoms with Crippen molar-refractivity contribution in [2.45, 2.75) is 32.5 Å². The minimum atomic E-state index is -4.77. The van der Waals surface area contributed by atoms with Crippen LogP contribution in [0, 0.1) is 0 Å². The molecule has 1 aliphatic rings. The Balaban J connectivity index is 1.21. The fraction of sp³-hybridized carbons (Fsp3) is 0.200. The van der Waals surface area contributed by atoms with E-state index in [1.807, 2.05) is 24.3 Å². The van der Waals surface area contributed by atoms with Gasteiger partial charge in [0.2, 0.25) is 5.91 Å². The Hall–Kier alpha value is -4.98. The molecule has 0 atom stereocenters. The highest BCUT2D eigenvalue weighted by Gasteiger charge is 2.34. The zero-order valence-corrected chi connectivity index (χ0v) is 24.6. The Labute approximate surface area is 254 Å². The summed E-state index contributed by atoms with van der Waals surface area (Å²) in [5.74, 6) is 0.0825. The maximum atomic E-state index is 12.7. The number of thioether (sulfide) groups is 1. The summed E-state index contributed by atoms with van der Waals surface area (Å²) in [5, 5.41) is 8.63. The standard InChI is InChI=1S/C30H26F3N7O3S/c1-29(2,3)23-6-4-5-7-24(23)40-25(41)17-44-28(40)36-27(42)37-35-16-19-8-10-20(11-9-19)26-34-18-39(38-26)21-12-14-22(15-13-21)43-30(31,32)33/h4-16,18H,17H2,1-3H3,(H,37,42)/b35-16+,36-28-. The molecule has 44 heavy (non-hydrogen) atoms. The van der Waals surface area contributed by atoms with Crippen molar-refractivity contribution in [3.8, 4) is 22.8 Å². The number of ether oxygens (including phenoxy) is 1. The van der Waals surface area contributed by atoms with Gasteiger partial charge >= 0.3 is 12.4 Å². The first-order chi connectivity index (χ1) is 20.9. The molecule has 0 aliphatic carbocycles. The molecule has 5 rings (SSSR count). The average molecular weight is 622 g/mol. The third-order valence-corrected chi connectivity index (χ3v) is 7.21. The number of alkyl halides is 3. The van der Waals surface area contributed by atoms with Crippen molar-refractivity contribution in [1.82, 2.24) is 20.2 Å².